The number of hydrogen-bond donors (Lipinski definition) is 1. The molecule has 5 rings (SSSR count). The molecule has 0 radical (unpaired) electrons. The van der Waals surface area contributed by atoms with Crippen LogP contribution in [-0.4, -0.2) is 35.1 Å². The van der Waals surface area contributed by atoms with E-state index in [9.17, 15) is 4.79 Å². The van der Waals surface area contributed by atoms with Crippen molar-refractivity contribution in [2.75, 3.05) is 13.1 Å². The number of nitrogens with zero attached hydrogens (tertiary/aromatic N) is 2. The SMILES string of the molecule is O=C(NCCN(Cc1ccco1)C1CCCC1)c1noc2c1CCc1sccc1-2. The van der Waals surface area contributed by atoms with Gasteiger partial charge in [0.2, 0.25) is 0 Å². The fourth-order valence-corrected chi connectivity index (χ4v) is 5.44. The zero-order chi connectivity index (χ0) is 19.6. The topological polar surface area (TPSA) is 71.5 Å². The van der Waals surface area contributed by atoms with E-state index in [1.807, 2.05) is 12.1 Å². The summed E-state index contributed by atoms with van der Waals surface area (Å²) in [6, 6.07) is 6.56. The van der Waals surface area contributed by atoms with Gasteiger partial charge in [0.15, 0.2) is 11.5 Å². The Labute approximate surface area is 173 Å². The maximum Gasteiger partial charge on any atom is 0.273 e. The molecule has 0 atom stereocenters. The van der Waals surface area contributed by atoms with Gasteiger partial charge in [-0.3, -0.25) is 9.69 Å². The van der Waals surface area contributed by atoms with Gasteiger partial charge in [0.1, 0.15) is 5.76 Å². The predicted octanol–water partition coefficient (Wildman–Crippen LogP) is 4.27. The summed E-state index contributed by atoms with van der Waals surface area (Å²) in [7, 11) is 0. The van der Waals surface area contributed by atoms with E-state index in [4.69, 9.17) is 8.94 Å². The lowest BCUT2D eigenvalue weighted by Crippen LogP contribution is -2.39. The number of carbonyl (C=O) groups excluding carboxylic acids is 1. The van der Waals surface area contributed by atoms with Gasteiger partial charge in [-0.05, 0) is 49.3 Å². The van der Waals surface area contributed by atoms with Crippen LogP contribution in [0, 0.1) is 0 Å². The van der Waals surface area contributed by atoms with Crippen LogP contribution in [-0.2, 0) is 19.4 Å². The second-order valence-electron chi connectivity index (χ2n) is 7.84. The number of aromatic nitrogens is 1. The Morgan fingerprint density at radius 2 is 2.17 bits per heavy atom. The minimum Gasteiger partial charge on any atom is -0.468 e. The molecule has 3 aromatic rings. The molecule has 0 saturated heterocycles. The molecule has 0 unspecified atom stereocenters. The average Bonchev–Trinajstić information content (AvgIpc) is 3.53. The molecule has 29 heavy (non-hydrogen) atoms. The average molecular weight is 412 g/mol. The van der Waals surface area contributed by atoms with Crippen molar-refractivity contribution in [3.63, 3.8) is 0 Å². The summed E-state index contributed by atoms with van der Waals surface area (Å²) in [6.07, 6.45) is 8.46. The first-order valence-electron chi connectivity index (χ1n) is 10.4. The molecule has 0 spiro atoms. The van der Waals surface area contributed by atoms with E-state index in [1.54, 1.807) is 17.6 Å². The summed E-state index contributed by atoms with van der Waals surface area (Å²) in [6.45, 7) is 2.17. The molecule has 6 nitrogen and oxygen atoms in total. The normalized spacial score (nSPS) is 16.2. The molecule has 152 valence electrons. The summed E-state index contributed by atoms with van der Waals surface area (Å²) >= 11 is 1.74. The van der Waals surface area contributed by atoms with Gasteiger partial charge < -0.3 is 14.3 Å². The minimum atomic E-state index is -0.141. The number of furan rings is 1. The number of carbonyl (C=O) groups is 1. The fourth-order valence-electron chi connectivity index (χ4n) is 4.57. The van der Waals surface area contributed by atoms with Crippen LogP contribution in [0.4, 0.5) is 0 Å². The molecule has 3 heterocycles. The Kier molecular flexibility index (Phi) is 5.24. The van der Waals surface area contributed by atoms with Crippen molar-refractivity contribution >= 4 is 17.2 Å². The van der Waals surface area contributed by atoms with Crippen LogP contribution in [0.3, 0.4) is 0 Å². The van der Waals surface area contributed by atoms with Gasteiger partial charge in [-0.15, -0.1) is 11.3 Å². The van der Waals surface area contributed by atoms with Crippen LogP contribution in [0.25, 0.3) is 11.3 Å². The van der Waals surface area contributed by atoms with Gasteiger partial charge in [0.05, 0.1) is 12.8 Å². The quantitative estimate of drug-likeness (QED) is 0.629. The van der Waals surface area contributed by atoms with Crippen molar-refractivity contribution < 1.29 is 13.7 Å². The van der Waals surface area contributed by atoms with E-state index < -0.39 is 0 Å². The Morgan fingerprint density at radius 1 is 1.28 bits per heavy atom. The number of nitrogens with one attached hydrogen (secondary N) is 1. The highest BCUT2D eigenvalue weighted by Gasteiger charge is 2.28. The van der Waals surface area contributed by atoms with Crippen molar-refractivity contribution in [1.29, 1.82) is 0 Å². The lowest BCUT2D eigenvalue weighted by Gasteiger charge is -2.28. The monoisotopic (exact) mass is 411 g/mol. The number of amides is 1. The van der Waals surface area contributed by atoms with E-state index in [2.05, 4.69) is 26.8 Å². The van der Waals surface area contributed by atoms with Crippen molar-refractivity contribution in [2.45, 2.75) is 51.1 Å². The van der Waals surface area contributed by atoms with E-state index in [-0.39, 0.29) is 5.91 Å². The molecule has 7 heteroatoms. The number of rotatable bonds is 7. The molecule has 1 saturated carbocycles. The van der Waals surface area contributed by atoms with Crippen LogP contribution < -0.4 is 5.32 Å². The largest absolute Gasteiger partial charge is 0.468 e. The molecular formula is C22H25N3O3S. The third kappa shape index (κ3) is 3.76. The van der Waals surface area contributed by atoms with Gasteiger partial charge in [0, 0.05) is 35.1 Å². The van der Waals surface area contributed by atoms with Crippen LogP contribution in [0.2, 0.25) is 0 Å². The van der Waals surface area contributed by atoms with Crippen LogP contribution >= 0.6 is 11.3 Å². The molecule has 1 N–H and O–H groups in total. The first-order chi connectivity index (χ1) is 14.3. The molecule has 2 aliphatic rings. The first kappa shape index (κ1) is 18.6. The van der Waals surface area contributed by atoms with Gasteiger partial charge in [-0.2, -0.15) is 0 Å². The second-order valence-corrected chi connectivity index (χ2v) is 8.84. The van der Waals surface area contributed by atoms with Crippen molar-refractivity contribution in [3.05, 3.63) is 51.7 Å². The number of fused-ring (bicyclic) bond motifs is 3. The molecule has 2 aliphatic carbocycles. The van der Waals surface area contributed by atoms with E-state index in [0.29, 0.717) is 18.3 Å². The lowest BCUT2D eigenvalue weighted by molar-refractivity contribution is 0.0931. The lowest BCUT2D eigenvalue weighted by atomic mass is 9.95. The van der Waals surface area contributed by atoms with Crippen molar-refractivity contribution in [2.24, 2.45) is 0 Å². The fraction of sp³-hybridized carbons (Fsp3) is 0.455. The Bertz CT molecular complexity index is 970. The Balaban J connectivity index is 1.22. The molecule has 1 fully saturated rings. The third-order valence-corrected chi connectivity index (χ3v) is 7.04. The highest BCUT2D eigenvalue weighted by molar-refractivity contribution is 7.10. The highest BCUT2D eigenvalue weighted by Crippen LogP contribution is 2.38. The van der Waals surface area contributed by atoms with Gasteiger partial charge in [0.25, 0.3) is 5.91 Å². The summed E-state index contributed by atoms with van der Waals surface area (Å²) in [5.74, 6) is 1.60. The zero-order valence-electron chi connectivity index (χ0n) is 16.4. The smallest absolute Gasteiger partial charge is 0.273 e. The maximum absolute atomic E-state index is 12.8. The van der Waals surface area contributed by atoms with Gasteiger partial charge >= 0.3 is 0 Å². The highest BCUT2D eigenvalue weighted by atomic mass is 32.1. The molecule has 1 amide bonds. The van der Waals surface area contributed by atoms with Crippen LogP contribution in [0.15, 0.2) is 38.8 Å². The number of aryl methyl sites for hydroxylation is 1. The molecule has 0 aliphatic heterocycles. The molecule has 0 aromatic carbocycles. The predicted molar refractivity (Wildman–Crippen MR) is 111 cm³/mol. The summed E-state index contributed by atoms with van der Waals surface area (Å²) in [5, 5.41) is 9.22. The minimum absolute atomic E-state index is 0.141. The maximum atomic E-state index is 12.8. The molecular weight excluding hydrogens is 386 g/mol. The Morgan fingerprint density at radius 3 is 3.00 bits per heavy atom. The van der Waals surface area contributed by atoms with E-state index in [0.717, 1.165) is 48.6 Å². The van der Waals surface area contributed by atoms with Crippen molar-refractivity contribution in [3.8, 4) is 11.3 Å². The van der Waals surface area contributed by atoms with Crippen LogP contribution in [0.1, 0.15) is 52.4 Å². The van der Waals surface area contributed by atoms with Gasteiger partial charge in [-0.25, -0.2) is 0 Å². The number of hydrogen-bond acceptors (Lipinski definition) is 6. The standard InChI is InChI=1S/C22H25N3O3S/c26-22(20-18-7-8-19-17(9-13-29-19)21(18)28-24-20)23-10-11-25(15-4-1-2-5-15)14-16-6-3-12-27-16/h3,6,9,12-13,15H,1-2,4-5,7-8,10-11,14H2,(H,23,26). The van der Waals surface area contributed by atoms with Crippen molar-refractivity contribution in [1.82, 2.24) is 15.4 Å². The molecule has 3 aromatic heterocycles. The second kappa shape index (κ2) is 8.16. The summed E-state index contributed by atoms with van der Waals surface area (Å²) < 4.78 is 11.1. The number of thiophene rings is 1. The third-order valence-electron chi connectivity index (χ3n) is 6.06. The van der Waals surface area contributed by atoms with Gasteiger partial charge in [-0.1, -0.05) is 18.0 Å². The zero-order valence-corrected chi connectivity index (χ0v) is 17.2. The summed E-state index contributed by atoms with van der Waals surface area (Å²) in [4.78, 5) is 16.5. The molecule has 0 bridgehead atoms. The first-order valence-corrected chi connectivity index (χ1v) is 11.3. The van der Waals surface area contributed by atoms with E-state index in [1.165, 1.54) is 30.6 Å². The van der Waals surface area contributed by atoms with E-state index >= 15 is 0 Å². The summed E-state index contributed by atoms with van der Waals surface area (Å²) in [5.41, 5.74) is 2.47. The Hall–Kier alpha value is -2.38. The van der Waals surface area contributed by atoms with Crippen LogP contribution in [0.5, 0.6) is 0 Å².